The van der Waals surface area contributed by atoms with E-state index < -0.39 is 0 Å². The van der Waals surface area contributed by atoms with E-state index in [9.17, 15) is 4.79 Å². The Morgan fingerprint density at radius 2 is 1.74 bits per heavy atom. The molecule has 0 aliphatic rings. The molecule has 0 spiro atoms. The van der Waals surface area contributed by atoms with Crippen molar-refractivity contribution >= 4 is 5.52 Å². The van der Waals surface area contributed by atoms with E-state index in [0.717, 1.165) is 34.9 Å². The normalized spacial score (nSPS) is 11.0. The Hall–Kier alpha value is -3.27. The van der Waals surface area contributed by atoms with Crippen LogP contribution in [0.1, 0.15) is 29.4 Å². The number of aromatic nitrogens is 2. The van der Waals surface area contributed by atoms with Crippen molar-refractivity contribution in [2.45, 2.75) is 26.7 Å². The Kier molecular flexibility index (Phi) is 4.55. The lowest BCUT2D eigenvalue weighted by atomic mass is 10.0. The quantitative estimate of drug-likeness (QED) is 0.552. The Labute approximate surface area is 158 Å². The first kappa shape index (κ1) is 17.2. The predicted octanol–water partition coefficient (Wildman–Crippen LogP) is 4.88. The summed E-state index contributed by atoms with van der Waals surface area (Å²) in [6.07, 6.45) is 3.56. The van der Waals surface area contributed by atoms with Crippen LogP contribution in [0.15, 0.2) is 71.7 Å². The molecule has 0 fully saturated rings. The van der Waals surface area contributed by atoms with Gasteiger partial charge in [-0.25, -0.2) is 0 Å². The van der Waals surface area contributed by atoms with Crippen LogP contribution in [0.4, 0.5) is 0 Å². The number of ether oxygens (including phenoxy) is 1. The number of nitrogens with one attached hydrogen (secondary N) is 1. The van der Waals surface area contributed by atoms with Gasteiger partial charge in [0.1, 0.15) is 17.0 Å². The van der Waals surface area contributed by atoms with Crippen molar-refractivity contribution in [1.82, 2.24) is 9.38 Å². The monoisotopic (exact) mass is 358 g/mol. The molecule has 2 aromatic heterocycles. The molecular formula is C23H22N2O2. The van der Waals surface area contributed by atoms with Crippen LogP contribution in [0, 0.1) is 6.92 Å². The van der Waals surface area contributed by atoms with Crippen LogP contribution in [0.3, 0.4) is 0 Å². The maximum atomic E-state index is 12.3. The highest BCUT2D eigenvalue weighted by Crippen LogP contribution is 2.28. The molecule has 2 aromatic carbocycles. The Morgan fingerprint density at radius 3 is 2.52 bits per heavy atom. The van der Waals surface area contributed by atoms with E-state index in [1.165, 1.54) is 5.56 Å². The number of aromatic amines is 1. The number of benzene rings is 2. The summed E-state index contributed by atoms with van der Waals surface area (Å²) in [7, 11) is 0. The molecule has 4 nitrogen and oxygen atoms in total. The van der Waals surface area contributed by atoms with Gasteiger partial charge >= 0.3 is 0 Å². The van der Waals surface area contributed by atoms with Gasteiger partial charge in [0.05, 0.1) is 0 Å². The van der Waals surface area contributed by atoms with Crippen LogP contribution < -0.4 is 10.3 Å². The summed E-state index contributed by atoms with van der Waals surface area (Å²) < 4.78 is 8.13. The summed E-state index contributed by atoms with van der Waals surface area (Å²) in [6.45, 7) is 4.02. The van der Waals surface area contributed by atoms with Crippen LogP contribution >= 0.6 is 0 Å². The van der Waals surface area contributed by atoms with Gasteiger partial charge in [0.2, 0.25) is 0 Å². The zero-order chi connectivity index (χ0) is 18.8. The van der Waals surface area contributed by atoms with Crippen molar-refractivity contribution in [3.8, 4) is 11.5 Å². The van der Waals surface area contributed by atoms with Crippen LogP contribution in [0.2, 0.25) is 0 Å². The van der Waals surface area contributed by atoms with Gasteiger partial charge in [0.15, 0.2) is 0 Å². The molecule has 1 N–H and O–H groups in total. The number of hydrogen-bond acceptors (Lipinski definition) is 2. The third-order valence-electron chi connectivity index (χ3n) is 4.78. The largest absolute Gasteiger partial charge is 0.457 e. The Morgan fingerprint density at radius 1 is 1.00 bits per heavy atom. The Bertz CT molecular complexity index is 1140. The zero-order valence-corrected chi connectivity index (χ0v) is 15.5. The average molecular weight is 358 g/mol. The lowest BCUT2D eigenvalue weighted by Gasteiger charge is -2.12. The second kappa shape index (κ2) is 7.16. The van der Waals surface area contributed by atoms with E-state index in [2.05, 4.69) is 18.0 Å². The molecule has 0 radical (unpaired) electrons. The number of nitrogens with zero attached hydrogens (tertiary/aromatic N) is 1. The number of para-hydroxylation sites is 2. The third kappa shape index (κ3) is 3.38. The van der Waals surface area contributed by atoms with E-state index in [1.54, 1.807) is 0 Å². The van der Waals surface area contributed by atoms with Crippen molar-refractivity contribution < 1.29 is 4.74 Å². The molecule has 0 aliphatic carbocycles. The predicted molar refractivity (Wildman–Crippen MR) is 108 cm³/mol. The summed E-state index contributed by atoms with van der Waals surface area (Å²) in [5.74, 6) is 1.65. The molecule has 0 saturated carbocycles. The van der Waals surface area contributed by atoms with Gasteiger partial charge < -0.3 is 14.1 Å². The number of fused-ring (bicyclic) bond motifs is 1. The highest BCUT2D eigenvalue weighted by molar-refractivity contribution is 5.54. The average Bonchev–Trinajstić information content (AvgIpc) is 3.02. The van der Waals surface area contributed by atoms with E-state index in [0.29, 0.717) is 11.9 Å². The van der Waals surface area contributed by atoms with Crippen molar-refractivity contribution in [2.24, 2.45) is 0 Å². The van der Waals surface area contributed by atoms with E-state index in [4.69, 9.17) is 4.74 Å². The second-order valence-electron chi connectivity index (χ2n) is 6.69. The van der Waals surface area contributed by atoms with E-state index in [1.807, 2.05) is 72.1 Å². The van der Waals surface area contributed by atoms with Crippen LogP contribution in [0.5, 0.6) is 11.5 Å². The van der Waals surface area contributed by atoms with Gasteiger partial charge in [-0.15, -0.1) is 0 Å². The summed E-state index contributed by atoms with van der Waals surface area (Å²) in [4.78, 5) is 15.2. The Balaban J connectivity index is 1.78. The maximum absolute atomic E-state index is 12.3. The summed E-state index contributed by atoms with van der Waals surface area (Å²) in [5, 5.41) is 0. The molecule has 0 bridgehead atoms. The fourth-order valence-electron chi connectivity index (χ4n) is 3.46. The van der Waals surface area contributed by atoms with Crippen molar-refractivity contribution in [3.63, 3.8) is 0 Å². The van der Waals surface area contributed by atoms with Crippen LogP contribution in [0.25, 0.3) is 5.52 Å². The number of hydrogen-bond donors (Lipinski definition) is 1. The van der Waals surface area contributed by atoms with Crippen LogP contribution in [-0.2, 0) is 12.8 Å². The lowest BCUT2D eigenvalue weighted by Crippen LogP contribution is -2.11. The SMILES string of the molecule is CCc1cc2c(=O)[nH]c(C)cn2c1Cc1ccccc1Oc1ccccc1. The summed E-state index contributed by atoms with van der Waals surface area (Å²) in [6, 6.07) is 19.9. The van der Waals surface area contributed by atoms with Gasteiger partial charge in [-0.1, -0.05) is 43.3 Å². The molecular weight excluding hydrogens is 336 g/mol. The molecule has 4 rings (SSSR count). The molecule has 0 aliphatic heterocycles. The van der Waals surface area contributed by atoms with Gasteiger partial charge in [-0.2, -0.15) is 0 Å². The molecule has 0 saturated heterocycles. The minimum absolute atomic E-state index is 0.0511. The van der Waals surface area contributed by atoms with E-state index in [-0.39, 0.29) is 5.56 Å². The van der Waals surface area contributed by atoms with Gasteiger partial charge in [0, 0.05) is 29.6 Å². The van der Waals surface area contributed by atoms with Gasteiger partial charge in [-0.3, -0.25) is 4.79 Å². The molecule has 4 heteroatoms. The molecule has 0 atom stereocenters. The fraction of sp³-hybridized carbons (Fsp3) is 0.174. The molecule has 0 amide bonds. The maximum Gasteiger partial charge on any atom is 0.272 e. The highest BCUT2D eigenvalue weighted by Gasteiger charge is 2.14. The van der Waals surface area contributed by atoms with Crippen molar-refractivity contribution in [2.75, 3.05) is 0 Å². The van der Waals surface area contributed by atoms with Crippen LogP contribution in [-0.4, -0.2) is 9.38 Å². The first-order valence-corrected chi connectivity index (χ1v) is 9.19. The fourth-order valence-corrected chi connectivity index (χ4v) is 3.46. The second-order valence-corrected chi connectivity index (χ2v) is 6.69. The standard InChI is InChI=1S/C23H22N2O2/c1-3-17-13-21-23(26)24-16(2)15-25(21)20(17)14-18-9-7-8-12-22(18)27-19-10-5-4-6-11-19/h4-13,15H,3,14H2,1-2H3,(H,24,26). The zero-order valence-electron chi connectivity index (χ0n) is 15.5. The van der Waals surface area contributed by atoms with Crippen molar-refractivity contribution in [1.29, 1.82) is 0 Å². The van der Waals surface area contributed by atoms with Crippen molar-refractivity contribution in [3.05, 3.63) is 99.7 Å². The lowest BCUT2D eigenvalue weighted by molar-refractivity contribution is 0.477. The summed E-state index contributed by atoms with van der Waals surface area (Å²) >= 11 is 0. The number of aryl methyl sites for hydroxylation is 2. The van der Waals surface area contributed by atoms with Gasteiger partial charge in [0.25, 0.3) is 5.56 Å². The molecule has 27 heavy (non-hydrogen) atoms. The first-order chi connectivity index (χ1) is 13.2. The first-order valence-electron chi connectivity index (χ1n) is 9.19. The smallest absolute Gasteiger partial charge is 0.272 e. The minimum Gasteiger partial charge on any atom is -0.457 e. The number of rotatable bonds is 5. The molecule has 0 unspecified atom stereocenters. The van der Waals surface area contributed by atoms with Gasteiger partial charge in [-0.05, 0) is 43.2 Å². The highest BCUT2D eigenvalue weighted by atomic mass is 16.5. The molecule has 4 aromatic rings. The topological polar surface area (TPSA) is 46.5 Å². The minimum atomic E-state index is -0.0511. The third-order valence-corrected chi connectivity index (χ3v) is 4.78. The summed E-state index contributed by atoms with van der Waals surface area (Å²) in [5.41, 5.74) is 4.89. The number of H-pyrrole nitrogens is 1. The molecule has 136 valence electrons. The molecule has 2 heterocycles. The van der Waals surface area contributed by atoms with E-state index >= 15 is 0 Å².